The highest BCUT2D eigenvalue weighted by Gasteiger charge is 2.26. The predicted octanol–water partition coefficient (Wildman–Crippen LogP) is 6.30. The fraction of sp³-hybridized carbons (Fsp3) is 0.107. The Morgan fingerprint density at radius 2 is 1.64 bits per heavy atom. The molecule has 5 rings (SSSR count). The molecule has 4 aromatic rings. The summed E-state index contributed by atoms with van der Waals surface area (Å²) < 4.78 is 31.6. The normalized spacial score (nSPS) is 12.3. The SMILES string of the molecule is COc1ccc(CN2Cc3c(Nc4ccc(NC(=O)Nc5ccc(F)c(F)c5)cc4)ccnc3NC2=O)cc1. The molecule has 0 bridgehead atoms. The Morgan fingerprint density at radius 1 is 0.949 bits per heavy atom. The fourth-order valence-corrected chi connectivity index (χ4v) is 4.06. The summed E-state index contributed by atoms with van der Waals surface area (Å²) in [5.74, 6) is -0.812. The largest absolute Gasteiger partial charge is 0.497 e. The van der Waals surface area contributed by atoms with Crippen LogP contribution in [0.5, 0.6) is 5.75 Å². The number of carbonyl (C=O) groups excluding carboxylic acids is 2. The van der Waals surface area contributed by atoms with Crippen molar-refractivity contribution in [2.45, 2.75) is 13.1 Å². The van der Waals surface area contributed by atoms with Crippen molar-refractivity contribution in [2.24, 2.45) is 0 Å². The second-order valence-corrected chi connectivity index (χ2v) is 8.73. The molecule has 0 radical (unpaired) electrons. The number of amides is 4. The molecule has 1 aliphatic rings. The van der Waals surface area contributed by atoms with Crippen molar-refractivity contribution in [1.82, 2.24) is 9.88 Å². The van der Waals surface area contributed by atoms with Gasteiger partial charge in [-0.2, -0.15) is 0 Å². The lowest BCUT2D eigenvalue weighted by atomic mass is 10.1. The molecule has 0 saturated heterocycles. The molecule has 0 aliphatic carbocycles. The first-order valence-electron chi connectivity index (χ1n) is 11.9. The summed E-state index contributed by atoms with van der Waals surface area (Å²) in [6, 6.07) is 18.6. The van der Waals surface area contributed by atoms with Crippen LogP contribution in [0.2, 0.25) is 0 Å². The number of aromatic nitrogens is 1. The quantitative estimate of drug-likeness (QED) is 0.224. The van der Waals surface area contributed by atoms with Crippen LogP contribution in [-0.4, -0.2) is 29.1 Å². The number of carbonyl (C=O) groups is 2. The van der Waals surface area contributed by atoms with E-state index in [1.807, 2.05) is 30.3 Å². The van der Waals surface area contributed by atoms with E-state index in [1.165, 1.54) is 6.07 Å². The number of nitrogens with zero attached hydrogens (tertiary/aromatic N) is 2. The second-order valence-electron chi connectivity index (χ2n) is 8.73. The number of fused-ring (bicyclic) bond motifs is 1. The van der Waals surface area contributed by atoms with Crippen LogP contribution in [0.25, 0.3) is 0 Å². The van der Waals surface area contributed by atoms with Gasteiger partial charge in [0.25, 0.3) is 0 Å². The summed E-state index contributed by atoms with van der Waals surface area (Å²) in [6.45, 7) is 0.768. The van der Waals surface area contributed by atoms with Crippen LogP contribution in [0.15, 0.2) is 79.0 Å². The Bertz CT molecular complexity index is 1510. The smallest absolute Gasteiger partial charge is 0.323 e. The summed E-state index contributed by atoms with van der Waals surface area (Å²) in [4.78, 5) is 30.9. The molecule has 3 aromatic carbocycles. The highest BCUT2D eigenvalue weighted by atomic mass is 19.2. The molecule has 11 heteroatoms. The first-order chi connectivity index (χ1) is 18.9. The molecule has 9 nitrogen and oxygen atoms in total. The van der Waals surface area contributed by atoms with E-state index in [4.69, 9.17) is 4.74 Å². The van der Waals surface area contributed by atoms with Crippen LogP contribution in [0.1, 0.15) is 11.1 Å². The van der Waals surface area contributed by atoms with E-state index in [0.29, 0.717) is 24.6 Å². The zero-order valence-electron chi connectivity index (χ0n) is 20.8. The number of methoxy groups -OCH3 is 1. The monoisotopic (exact) mass is 530 g/mol. The van der Waals surface area contributed by atoms with Gasteiger partial charge in [-0.25, -0.2) is 23.4 Å². The van der Waals surface area contributed by atoms with E-state index in [-0.39, 0.29) is 11.7 Å². The summed E-state index contributed by atoms with van der Waals surface area (Å²) in [6.07, 6.45) is 1.61. The minimum absolute atomic E-state index is 0.125. The molecule has 0 spiro atoms. The molecule has 4 amide bonds. The van der Waals surface area contributed by atoms with E-state index in [9.17, 15) is 18.4 Å². The van der Waals surface area contributed by atoms with Gasteiger partial charge < -0.3 is 25.6 Å². The summed E-state index contributed by atoms with van der Waals surface area (Å²) in [7, 11) is 1.60. The zero-order chi connectivity index (χ0) is 27.4. The van der Waals surface area contributed by atoms with Gasteiger partial charge in [-0.05, 0) is 60.2 Å². The Labute approximate surface area is 222 Å². The number of rotatable bonds is 7. The van der Waals surface area contributed by atoms with E-state index in [0.717, 1.165) is 40.4 Å². The van der Waals surface area contributed by atoms with Crippen molar-refractivity contribution >= 4 is 40.6 Å². The van der Waals surface area contributed by atoms with Crippen LogP contribution in [0, 0.1) is 11.6 Å². The van der Waals surface area contributed by atoms with E-state index < -0.39 is 17.7 Å². The maximum Gasteiger partial charge on any atom is 0.323 e. The Hall–Kier alpha value is -5.19. The van der Waals surface area contributed by atoms with E-state index >= 15 is 0 Å². The Balaban J connectivity index is 1.24. The van der Waals surface area contributed by atoms with Crippen LogP contribution in [0.3, 0.4) is 0 Å². The molecular formula is C28H24F2N6O3. The lowest BCUT2D eigenvalue weighted by molar-refractivity contribution is 0.203. The molecule has 0 fully saturated rings. The third-order valence-electron chi connectivity index (χ3n) is 6.05. The third-order valence-corrected chi connectivity index (χ3v) is 6.05. The predicted molar refractivity (Wildman–Crippen MR) is 144 cm³/mol. The number of benzene rings is 3. The molecule has 0 unspecified atom stereocenters. The van der Waals surface area contributed by atoms with Crippen molar-refractivity contribution in [1.29, 1.82) is 0 Å². The maximum absolute atomic E-state index is 13.4. The minimum Gasteiger partial charge on any atom is -0.497 e. The summed E-state index contributed by atoms with van der Waals surface area (Å²) >= 11 is 0. The number of urea groups is 2. The number of anilines is 5. The van der Waals surface area contributed by atoms with Gasteiger partial charge >= 0.3 is 12.1 Å². The number of nitrogens with one attached hydrogen (secondary N) is 4. The van der Waals surface area contributed by atoms with Crippen molar-refractivity contribution < 1.29 is 23.1 Å². The van der Waals surface area contributed by atoms with Gasteiger partial charge in [-0.15, -0.1) is 0 Å². The molecule has 4 N–H and O–H groups in total. The molecule has 0 saturated carbocycles. The Morgan fingerprint density at radius 3 is 2.36 bits per heavy atom. The van der Waals surface area contributed by atoms with Crippen LogP contribution >= 0.6 is 0 Å². The van der Waals surface area contributed by atoms with Gasteiger partial charge in [0.05, 0.1) is 13.7 Å². The number of ether oxygens (including phenoxy) is 1. The average Bonchev–Trinajstić information content (AvgIpc) is 2.93. The molecule has 198 valence electrons. The standard InChI is InChI=1S/C28H24F2N6O3/c1-39-21-9-2-17(3-10-21)15-36-16-22-25(12-13-31-26(22)35-28(36)38)32-18-4-6-19(7-5-18)33-27(37)34-20-8-11-23(29)24(30)14-20/h2-14H,15-16H2,1H3,(H2,33,34,37)(H2,31,32,35,38). The summed E-state index contributed by atoms with van der Waals surface area (Å²) in [5, 5.41) is 11.3. The van der Waals surface area contributed by atoms with Crippen molar-refractivity contribution in [2.75, 3.05) is 28.4 Å². The number of halogens is 2. The first-order valence-corrected chi connectivity index (χ1v) is 11.9. The minimum atomic E-state index is -1.05. The zero-order valence-corrected chi connectivity index (χ0v) is 20.8. The van der Waals surface area contributed by atoms with E-state index in [2.05, 4.69) is 26.3 Å². The topological polar surface area (TPSA) is 108 Å². The summed E-state index contributed by atoms with van der Waals surface area (Å²) in [5.41, 5.74) is 3.93. The molecule has 0 atom stereocenters. The van der Waals surface area contributed by atoms with Crippen molar-refractivity contribution in [3.8, 4) is 5.75 Å². The average molecular weight is 531 g/mol. The van der Waals surface area contributed by atoms with Gasteiger partial charge in [0, 0.05) is 47.1 Å². The van der Waals surface area contributed by atoms with Crippen LogP contribution in [0.4, 0.5) is 46.9 Å². The molecule has 2 heterocycles. The van der Waals surface area contributed by atoms with E-state index in [1.54, 1.807) is 42.5 Å². The lowest BCUT2D eigenvalue weighted by Gasteiger charge is -2.30. The van der Waals surface area contributed by atoms with Gasteiger partial charge in [0.1, 0.15) is 11.6 Å². The molecule has 1 aromatic heterocycles. The number of hydrogen-bond donors (Lipinski definition) is 4. The first kappa shape index (κ1) is 25.5. The van der Waals surface area contributed by atoms with Crippen LogP contribution < -0.4 is 26.0 Å². The highest BCUT2D eigenvalue weighted by Crippen LogP contribution is 2.31. The number of hydrogen-bond acceptors (Lipinski definition) is 5. The van der Waals surface area contributed by atoms with Gasteiger partial charge in [-0.1, -0.05) is 12.1 Å². The maximum atomic E-state index is 13.4. The van der Waals surface area contributed by atoms with Gasteiger partial charge in [0.2, 0.25) is 0 Å². The lowest BCUT2D eigenvalue weighted by Crippen LogP contribution is -2.38. The van der Waals surface area contributed by atoms with Gasteiger partial charge in [0.15, 0.2) is 11.6 Å². The highest BCUT2D eigenvalue weighted by molar-refractivity contribution is 5.99. The number of pyridine rings is 1. The molecular weight excluding hydrogens is 506 g/mol. The molecule has 1 aliphatic heterocycles. The van der Waals surface area contributed by atoms with Crippen molar-refractivity contribution in [3.63, 3.8) is 0 Å². The fourth-order valence-electron chi connectivity index (χ4n) is 4.06. The Kier molecular flexibility index (Phi) is 7.21. The van der Waals surface area contributed by atoms with Gasteiger partial charge in [-0.3, -0.25) is 5.32 Å². The van der Waals surface area contributed by atoms with Crippen LogP contribution in [-0.2, 0) is 13.1 Å². The van der Waals surface area contributed by atoms with Crippen molar-refractivity contribution in [3.05, 3.63) is 102 Å². The second kappa shape index (κ2) is 11.1. The molecule has 39 heavy (non-hydrogen) atoms. The third kappa shape index (κ3) is 6.04.